The van der Waals surface area contributed by atoms with Gasteiger partial charge in [-0.3, -0.25) is 9.13 Å². The lowest BCUT2D eigenvalue weighted by Crippen LogP contribution is -2.37. The first kappa shape index (κ1) is 23.4. The Kier molecular flexibility index (Phi) is 6.02. The van der Waals surface area contributed by atoms with Crippen LogP contribution in [0.4, 0.5) is 20.2 Å². The van der Waals surface area contributed by atoms with Crippen molar-refractivity contribution in [3.8, 4) is 5.69 Å². The molecule has 5 rings (SSSR count). The number of imidazole rings is 1. The lowest BCUT2D eigenvalue weighted by atomic mass is 10.1. The lowest BCUT2D eigenvalue weighted by Gasteiger charge is -2.20. The summed E-state index contributed by atoms with van der Waals surface area (Å²) in [6, 6.07) is 6.70. The maximum atomic E-state index is 15.4. The Morgan fingerprint density at radius 1 is 1.11 bits per heavy atom. The van der Waals surface area contributed by atoms with E-state index in [1.807, 2.05) is 17.4 Å². The quantitative estimate of drug-likeness (QED) is 0.327. The molecule has 0 bridgehead atoms. The molecule has 182 valence electrons. The first-order valence-electron chi connectivity index (χ1n) is 11.3. The minimum atomic E-state index is -0.469. The number of halogens is 2. The number of benzene rings is 2. The molecule has 3 aromatic rings. The van der Waals surface area contributed by atoms with Gasteiger partial charge in [-0.25, -0.2) is 18.6 Å². The van der Waals surface area contributed by atoms with Crippen LogP contribution in [0.3, 0.4) is 0 Å². The zero-order valence-corrected chi connectivity index (χ0v) is 20.5. The van der Waals surface area contributed by atoms with Crippen molar-refractivity contribution in [3.05, 3.63) is 86.7 Å². The van der Waals surface area contributed by atoms with Gasteiger partial charge in [0.25, 0.3) is 0 Å². The number of nitrogens with zero attached hydrogens (tertiary/aromatic N) is 4. The van der Waals surface area contributed by atoms with E-state index in [9.17, 15) is 9.18 Å². The molecule has 2 aliphatic heterocycles. The zero-order valence-electron chi connectivity index (χ0n) is 19.7. The third kappa shape index (κ3) is 4.06. The molecule has 2 aliphatic rings. The van der Waals surface area contributed by atoms with Crippen LogP contribution in [0.25, 0.3) is 5.69 Å². The summed E-state index contributed by atoms with van der Waals surface area (Å²) in [7, 11) is 1.89. The van der Waals surface area contributed by atoms with E-state index in [2.05, 4.69) is 5.32 Å². The van der Waals surface area contributed by atoms with Gasteiger partial charge >= 0.3 is 5.69 Å². The Bertz CT molecular complexity index is 1430. The monoisotopic (exact) mass is 496 g/mol. The van der Waals surface area contributed by atoms with E-state index in [0.29, 0.717) is 58.2 Å². The summed E-state index contributed by atoms with van der Waals surface area (Å²) in [5.41, 5.74) is 10.2. The van der Waals surface area contributed by atoms with Gasteiger partial charge < -0.3 is 15.4 Å². The number of aliphatic imine (C=N–C) groups is 1. The number of hydrogen-bond acceptors (Lipinski definition) is 6. The second kappa shape index (κ2) is 9.01. The molecule has 0 amide bonds. The van der Waals surface area contributed by atoms with Gasteiger partial charge in [0.15, 0.2) is 5.82 Å². The summed E-state index contributed by atoms with van der Waals surface area (Å²) in [6.07, 6.45) is 3.70. The van der Waals surface area contributed by atoms with Gasteiger partial charge in [0.05, 0.1) is 17.1 Å². The molecule has 1 aromatic heterocycles. The van der Waals surface area contributed by atoms with Crippen molar-refractivity contribution < 1.29 is 8.78 Å². The number of hydrogen-bond donors (Lipinski definition) is 2. The van der Waals surface area contributed by atoms with E-state index in [4.69, 9.17) is 10.7 Å². The van der Waals surface area contributed by atoms with Crippen LogP contribution >= 0.6 is 11.9 Å². The smallest absolute Gasteiger partial charge is 0.338 e. The van der Waals surface area contributed by atoms with E-state index in [0.717, 1.165) is 12.2 Å². The highest BCUT2D eigenvalue weighted by Crippen LogP contribution is 2.39. The molecule has 0 atom stereocenters. The minimum absolute atomic E-state index is 0.181. The first-order valence-corrected chi connectivity index (χ1v) is 12.2. The van der Waals surface area contributed by atoms with Crippen molar-refractivity contribution in [2.24, 2.45) is 10.7 Å². The van der Waals surface area contributed by atoms with E-state index >= 15 is 4.39 Å². The summed E-state index contributed by atoms with van der Waals surface area (Å²) in [4.78, 5) is 18.3. The van der Waals surface area contributed by atoms with Crippen LogP contribution in [-0.4, -0.2) is 35.1 Å². The molecule has 7 nitrogen and oxygen atoms in total. The SMILES string of the molecule is Cc1cc(N=C(C2=C(N)CCNC2)n2ccn(-c3ccc4c(c3F)CSN4C)c2=O)cc(C)c1F. The molecule has 35 heavy (non-hydrogen) atoms. The van der Waals surface area contributed by atoms with Crippen molar-refractivity contribution in [1.29, 1.82) is 0 Å². The van der Waals surface area contributed by atoms with Crippen molar-refractivity contribution in [2.75, 3.05) is 24.4 Å². The average molecular weight is 497 g/mol. The van der Waals surface area contributed by atoms with Crippen LogP contribution in [-0.2, 0) is 5.75 Å². The highest BCUT2D eigenvalue weighted by atomic mass is 32.2. The van der Waals surface area contributed by atoms with Gasteiger partial charge in [0.2, 0.25) is 0 Å². The van der Waals surface area contributed by atoms with Gasteiger partial charge in [-0.2, -0.15) is 0 Å². The maximum Gasteiger partial charge on any atom is 0.338 e. The molecule has 0 radical (unpaired) electrons. The van der Waals surface area contributed by atoms with Gasteiger partial charge in [0.1, 0.15) is 11.7 Å². The van der Waals surface area contributed by atoms with Crippen molar-refractivity contribution in [2.45, 2.75) is 26.0 Å². The first-order chi connectivity index (χ1) is 16.8. The highest BCUT2D eigenvalue weighted by Gasteiger charge is 2.25. The molecule has 2 aromatic carbocycles. The number of anilines is 1. The van der Waals surface area contributed by atoms with Crippen molar-refractivity contribution in [3.63, 3.8) is 0 Å². The third-order valence-electron chi connectivity index (χ3n) is 6.39. The number of rotatable bonds is 3. The molecule has 0 aliphatic carbocycles. The van der Waals surface area contributed by atoms with Crippen LogP contribution in [0.1, 0.15) is 23.1 Å². The predicted octanol–water partition coefficient (Wildman–Crippen LogP) is 3.92. The van der Waals surface area contributed by atoms with Gasteiger partial charge in [0, 0.05) is 55.1 Å². The van der Waals surface area contributed by atoms with E-state index in [1.165, 1.54) is 27.3 Å². The van der Waals surface area contributed by atoms with E-state index in [-0.39, 0.29) is 11.5 Å². The molecule has 0 unspecified atom stereocenters. The van der Waals surface area contributed by atoms with Crippen LogP contribution in [0.15, 0.2) is 57.7 Å². The Hall–Kier alpha value is -3.37. The molecule has 10 heteroatoms. The van der Waals surface area contributed by atoms with Crippen LogP contribution in [0.2, 0.25) is 0 Å². The van der Waals surface area contributed by atoms with Crippen LogP contribution < -0.4 is 21.0 Å². The topological polar surface area (TPSA) is 80.6 Å². The maximum absolute atomic E-state index is 15.4. The summed E-state index contributed by atoms with van der Waals surface area (Å²) in [6.45, 7) is 4.50. The van der Waals surface area contributed by atoms with Crippen molar-refractivity contribution in [1.82, 2.24) is 14.5 Å². The molecule has 0 spiro atoms. The Labute approximate surface area is 206 Å². The third-order valence-corrected chi connectivity index (χ3v) is 7.39. The standard InChI is InChI=1S/C25H26F2N6OS/c1-14-10-16(11-15(2)22(14)26)30-24(17-12-29-7-6-19(17)28)33-9-8-32(25(33)34)21-5-4-20-18(23(21)27)13-35-31(20)3/h4-5,8-11,29H,6-7,12-13,28H2,1-3H3. The summed E-state index contributed by atoms with van der Waals surface area (Å²) in [5, 5.41) is 3.26. The number of nitrogens with two attached hydrogens (primary N) is 1. The van der Waals surface area contributed by atoms with E-state index < -0.39 is 11.5 Å². The van der Waals surface area contributed by atoms with Gasteiger partial charge in [-0.05, 0) is 67.6 Å². The van der Waals surface area contributed by atoms with Crippen molar-refractivity contribution >= 4 is 29.2 Å². The molecule has 0 saturated heterocycles. The molecular formula is C25H26F2N6OS. The molecule has 0 fully saturated rings. The molecule has 3 N–H and O–H groups in total. The molecule has 3 heterocycles. The Balaban J connectivity index is 1.67. The fourth-order valence-electron chi connectivity index (χ4n) is 4.47. The number of aryl methyl sites for hydroxylation is 2. The van der Waals surface area contributed by atoms with Gasteiger partial charge in [-0.1, -0.05) is 0 Å². The Morgan fingerprint density at radius 3 is 2.54 bits per heavy atom. The summed E-state index contributed by atoms with van der Waals surface area (Å²) < 4.78 is 34.2. The Morgan fingerprint density at radius 2 is 1.83 bits per heavy atom. The average Bonchev–Trinajstić information content (AvgIpc) is 3.40. The fraction of sp³-hybridized carbons (Fsp3) is 0.280. The largest absolute Gasteiger partial charge is 0.402 e. The zero-order chi connectivity index (χ0) is 24.9. The van der Waals surface area contributed by atoms with Crippen LogP contribution in [0.5, 0.6) is 0 Å². The van der Waals surface area contributed by atoms with Crippen LogP contribution in [0, 0.1) is 25.5 Å². The highest BCUT2D eigenvalue weighted by molar-refractivity contribution is 8.00. The minimum Gasteiger partial charge on any atom is -0.402 e. The second-order valence-corrected chi connectivity index (χ2v) is 9.84. The summed E-state index contributed by atoms with van der Waals surface area (Å²) in [5.74, 6) is 0.135. The van der Waals surface area contributed by atoms with Gasteiger partial charge in [-0.15, -0.1) is 0 Å². The number of fused-ring (bicyclic) bond motifs is 1. The molecule has 0 saturated carbocycles. The lowest BCUT2D eigenvalue weighted by molar-refractivity contribution is 0.607. The normalized spacial score (nSPS) is 16.3. The number of aromatic nitrogens is 2. The number of nitrogens with one attached hydrogen (secondary N) is 1. The fourth-order valence-corrected chi connectivity index (χ4v) is 5.38. The second-order valence-electron chi connectivity index (χ2n) is 8.75. The summed E-state index contributed by atoms with van der Waals surface area (Å²) >= 11 is 1.51. The predicted molar refractivity (Wildman–Crippen MR) is 137 cm³/mol. The molecular weight excluding hydrogens is 470 g/mol. The van der Waals surface area contributed by atoms with E-state index in [1.54, 1.807) is 38.2 Å².